The molecule has 0 amide bonds. The molecule has 86 valence electrons. The quantitative estimate of drug-likeness (QED) is 0.833. The third kappa shape index (κ3) is 1.39. The summed E-state index contributed by atoms with van der Waals surface area (Å²) in [5.41, 5.74) is 1.19. The lowest BCUT2D eigenvalue weighted by atomic mass is 10.2. The predicted octanol–water partition coefficient (Wildman–Crippen LogP) is 1.37. The largest absolute Gasteiger partial charge is 0.495 e. The molecule has 1 aromatic carbocycles. The highest BCUT2D eigenvalue weighted by Crippen LogP contribution is 2.52. The highest BCUT2D eigenvalue weighted by molar-refractivity contribution is 5.59. The standard InChI is InChI=1S/C13H17NO2/c1-16-13-5-3-2-4-12(13)14-6-9-10(7-14)11(9)8-15/h2-5,9-11,15H,6-8H2,1H3. The summed E-state index contributed by atoms with van der Waals surface area (Å²) in [6.07, 6.45) is 0. The normalized spacial score (nSPS) is 31.4. The number of aliphatic hydroxyl groups is 1. The van der Waals surface area contributed by atoms with Crippen LogP contribution in [0, 0.1) is 17.8 Å². The number of hydrogen-bond donors (Lipinski definition) is 1. The maximum Gasteiger partial charge on any atom is 0.142 e. The topological polar surface area (TPSA) is 32.7 Å². The van der Waals surface area contributed by atoms with Gasteiger partial charge in [-0.05, 0) is 29.9 Å². The maximum atomic E-state index is 9.13. The van der Waals surface area contributed by atoms with Crippen LogP contribution in [-0.2, 0) is 0 Å². The van der Waals surface area contributed by atoms with Crippen molar-refractivity contribution in [3.05, 3.63) is 24.3 Å². The lowest BCUT2D eigenvalue weighted by Gasteiger charge is -2.23. The second-order valence-electron chi connectivity index (χ2n) is 4.75. The van der Waals surface area contributed by atoms with Gasteiger partial charge in [0.05, 0.1) is 12.8 Å². The van der Waals surface area contributed by atoms with E-state index in [4.69, 9.17) is 9.84 Å². The number of fused-ring (bicyclic) bond motifs is 1. The van der Waals surface area contributed by atoms with Crippen LogP contribution in [0.5, 0.6) is 5.75 Å². The zero-order chi connectivity index (χ0) is 11.1. The van der Waals surface area contributed by atoms with E-state index in [1.807, 2.05) is 18.2 Å². The average molecular weight is 219 g/mol. The number of hydrogen-bond acceptors (Lipinski definition) is 3. The fraction of sp³-hybridized carbons (Fsp3) is 0.538. The molecule has 0 aromatic heterocycles. The van der Waals surface area contributed by atoms with E-state index >= 15 is 0 Å². The molecule has 16 heavy (non-hydrogen) atoms. The molecule has 0 radical (unpaired) electrons. The maximum absolute atomic E-state index is 9.13. The molecule has 3 heteroatoms. The minimum atomic E-state index is 0.356. The van der Waals surface area contributed by atoms with Crippen LogP contribution in [-0.4, -0.2) is 31.9 Å². The summed E-state index contributed by atoms with van der Waals surface area (Å²) < 4.78 is 5.37. The van der Waals surface area contributed by atoms with E-state index < -0.39 is 0 Å². The van der Waals surface area contributed by atoms with Gasteiger partial charge < -0.3 is 14.7 Å². The van der Waals surface area contributed by atoms with E-state index in [2.05, 4.69) is 11.0 Å². The van der Waals surface area contributed by atoms with Gasteiger partial charge in [-0.15, -0.1) is 0 Å². The third-order valence-corrected chi connectivity index (χ3v) is 4.01. The summed E-state index contributed by atoms with van der Waals surface area (Å²) in [5, 5.41) is 9.13. The first-order valence-electron chi connectivity index (χ1n) is 5.84. The second-order valence-corrected chi connectivity index (χ2v) is 4.75. The van der Waals surface area contributed by atoms with Crippen LogP contribution in [0.25, 0.3) is 0 Å². The van der Waals surface area contributed by atoms with E-state index in [-0.39, 0.29) is 0 Å². The first-order valence-corrected chi connectivity index (χ1v) is 5.84. The highest BCUT2D eigenvalue weighted by Gasteiger charge is 2.55. The number of aliphatic hydroxyl groups excluding tert-OH is 1. The van der Waals surface area contributed by atoms with Crippen molar-refractivity contribution in [1.82, 2.24) is 0 Å². The fourth-order valence-electron chi connectivity index (χ4n) is 3.01. The summed E-state index contributed by atoms with van der Waals surface area (Å²) in [4.78, 5) is 2.38. The van der Waals surface area contributed by atoms with Crippen LogP contribution in [0.15, 0.2) is 24.3 Å². The van der Waals surface area contributed by atoms with Crippen molar-refractivity contribution in [3.8, 4) is 5.75 Å². The molecule has 2 unspecified atom stereocenters. The molecule has 0 spiro atoms. The van der Waals surface area contributed by atoms with Gasteiger partial charge in [0.2, 0.25) is 0 Å². The molecule has 1 aliphatic heterocycles. The van der Waals surface area contributed by atoms with Crippen LogP contribution in [0.1, 0.15) is 0 Å². The Kier molecular flexibility index (Phi) is 2.28. The fourth-order valence-corrected chi connectivity index (χ4v) is 3.01. The molecule has 2 aliphatic rings. The Hall–Kier alpha value is -1.22. The first-order chi connectivity index (χ1) is 7.85. The minimum absolute atomic E-state index is 0.356. The number of methoxy groups -OCH3 is 1. The Bertz CT molecular complexity index is 381. The number of benzene rings is 1. The molecule has 2 atom stereocenters. The first kappa shape index (κ1) is 9.97. The Labute approximate surface area is 95.6 Å². The predicted molar refractivity (Wildman–Crippen MR) is 62.8 cm³/mol. The smallest absolute Gasteiger partial charge is 0.142 e. The lowest BCUT2D eigenvalue weighted by molar-refractivity contribution is 0.260. The van der Waals surface area contributed by atoms with E-state index in [1.165, 1.54) is 5.69 Å². The summed E-state index contributed by atoms with van der Waals surface area (Å²) in [7, 11) is 1.71. The van der Waals surface area contributed by atoms with Gasteiger partial charge in [-0.25, -0.2) is 0 Å². The molecular formula is C13H17NO2. The Morgan fingerprint density at radius 1 is 1.31 bits per heavy atom. The number of anilines is 1. The van der Waals surface area contributed by atoms with Crippen LogP contribution in [0.4, 0.5) is 5.69 Å². The van der Waals surface area contributed by atoms with Crippen molar-refractivity contribution in [3.63, 3.8) is 0 Å². The number of nitrogens with zero attached hydrogens (tertiary/aromatic N) is 1. The molecule has 2 fully saturated rings. The van der Waals surface area contributed by atoms with Crippen molar-refractivity contribution >= 4 is 5.69 Å². The molecule has 1 aliphatic carbocycles. The molecule has 1 N–H and O–H groups in total. The Balaban J connectivity index is 1.76. The summed E-state index contributed by atoms with van der Waals surface area (Å²) in [6, 6.07) is 8.15. The van der Waals surface area contributed by atoms with Crippen molar-refractivity contribution in [2.24, 2.45) is 17.8 Å². The number of piperidine rings is 1. The zero-order valence-electron chi connectivity index (χ0n) is 9.47. The van der Waals surface area contributed by atoms with Crippen LogP contribution in [0.2, 0.25) is 0 Å². The second kappa shape index (κ2) is 3.67. The summed E-state index contributed by atoms with van der Waals surface area (Å²) in [5.74, 6) is 2.92. The van der Waals surface area contributed by atoms with Gasteiger partial charge in [0.25, 0.3) is 0 Å². The van der Waals surface area contributed by atoms with Gasteiger partial charge in [0.1, 0.15) is 5.75 Å². The molecule has 1 saturated carbocycles. The van der Waals surface area contributed by atoms with Gasteiger partial charge in [-0.1, -0.05) is 12.1 Å². The lowest BCUT2D eigenvalue weighted by Crippen LogP contribution is -2.25. The van der Waals surface area contributed by atoms with Gasteiger partial charge in [-0.3, -0.25) is 0 Å². The van der Waals surface area contributed by atoms with Gasteiger partial charge in [-0.2, -0.15) is 0 Å². The zero-order valence-corrected chi connectivity index (χ0v) is 9.47. The molecule has 1 heterocycles. The monoisotopic (exact) mass is 219 g/mol. The number of para-hydroxylation sites is 2. The van der Waals surface area contributed by atoms with Crippen molar-refractivity contribution in [1.29, 1.82) is 0 Å². The number of rotatable bonds is 3. The van der Waals surface area contributed by atoms with Crippen LogP contribution in [0.3, 0.4) is 0 Å². The van der Waals surface area contributed by atoms with E-state index in [0.717, 1.165) is 18.8 Å². The number of ether oxygens (including phenoxy) is 1. The molecule has 1 saturated heterocycles. The molecule has 1 aromatic rings. The van der Waals surface area contributed by atoms with Crippen molar-refractivity contribution < 1.29 is 9.84 Å². The highest BCUT2D eigenvalue weighted by atomic mass is 16.5. The Morgan fingerprint density at radius 3 is 2.62 bits per heavy atom. The Morgan fingerprint density at radius 2 is 2.00 bits per heavy atom. The third-order valence-electron chi connectivity index (χ3n) is 4.01. The summed E-state index contributed by atoms with van der Waals surface area (Å²) in [6.45, 7) is 2.49. The van der Waals surface area contributed by atoms with Crippen molar-refractivity contribution in [2.45, 2.75) is 0 Å². The molecule has 0 bridgehead atoms. The van der Waals surface area contributed by atoms with E-state index in [0.29, 0.717) is 24.4 Å². The van der Waals surface area contributed by atoms with E-state index in [9.17, 15) is 0 Å². The van der Waals surface area contributed by atoms with Crippen LogP contribution < -0.4 is 9.64 Å². The molecular weight excluding hydrogens is 202 g/mol. The summed E-state index contributed by atoms with van der Waals surface area (Å²) >= 11 is 0. The van der Waals surface area contributed by atoms with Gasteiger partial charge >= 0.3 is 0 Å². The minimum Gasteiger partial charge on any atom is -0.495 e. The molecule has 3 rings (SSSR count). The van der Waals surface area contributed by atoms with Crippen molar-refractivity contribution in [2.75, 3.05) is 31.7 Å². The van der Waals surface area contributed by atoms with E-state index in [1.54, 1.807) is 7.11 Å². The van der Waals surface area contributed by atoms with Gasteiger partial charge in [0, 0.05) is 19.7 Å². The van der Waals surface area contributed by atoms with Gasteiger partial charge in [0.15, 0.2) is 0 Å². The molecule has 3 nitrogen and oxygen atoms in total. The average Bonchev–Trinajstić information content (AvgIpc) is 2.81. The van der Waals surface area contributed by atoms with Crippen LogP contribution >= 0.6 is 0 Å². The SMILES string of the molecule is COc1ccccc1N1CC2C(CO)C2C1.